The van der Waals surface area contributed by atoms with E-state index in [1.54, 1.807) is 38.6 Å². The summed E-state index contributed by atoms with van der Waals surface area (Å²) in [7, 11) is 3.09. The van der Waals surface area contributed by atoms with E-state index in [4.69, 9.17) is 9.47 Å². The highest BCUT2D eigenvalue weighted by molar-refractivity contribution is 6.05. The number of ether oxygens (including phenoxy) is 2. The standard InChI is InChI=1S/C22H20N4O3/c1-13-6-7-15(11-18(13)20-25-19-5-4-8-23-21(19)26-20)24-22(27)14-9-16(28-2)12-17(10-14)29-3/h4-12H,1-3H3,(H,24,27)(H,23,25,26). The number of rotatable bonds is 5. The first-order valence-electron chi connectivity index (χ1n) is 9.03. The second kappa shape index (κ2) is 7.63. The normalized spacial score (nSPS) is 10.7. The number of carbonyl (C=O) groups excluding carboxylic acids is 1. The molecule has 2 N–H and O–H groups in total. The average Bonchev–Trinajstić information content (AvgIpc) is 3.18. The number of nitrogens with one attached hydrogen (secondary N) is 2. The highest BCUT2D eigenvalue weighted by Crippen LogP contribution is 2.27. The molecule has 0 fully saturated rings. The summed E-state index contributed by atoms with van der Waals surface area (Å²) in [6.07, 6.45) is 1.71. The van der Waals surface area contributed by atoms with Crippen LogP contribution in [0.15, 0.2) is 54.7 Å². The minimum atomic E-state index is -0.261. The fourth-order valence-electron chi connectivity index (χ4n) is 3.07. The van der Waals surface area contributed by atoms with Gasteiger partial charge in [-0.3, -0.25) is 4.79 Å². The number of amides is 1. The van der Waals surface area contributed by atoms with Crippen LogP contribution in [0.25, 0.3) is 22.6 Å². The van der Waals surface area contributed by atoms with Gasteiger partial charge in [0.05, 0.1) is 19.7 Å². The molecule has 0 bridgehead atoms. The Bertz CT molecular complexity index is 1140. The number of hydrogen-bond acceptors (Lipinski definition) is 5. The number of hydrogen-bond donors (Lipinski definition) is 2. The molecule has 0 spiro atoms. The van der Waals surface area contributed by atoms with Crippen LogP contribution in [0.1, 0.15) is 15.9 Å². The lowest BCUT2D eigenvalue weighted by Crippen LogP contribution is -2.12. The predicted molar refractivity (Wildman–Crippen MR) is 112 cm³/mol. The predicted octanol–water partition coefficient (Wildman–Crippen LogP) is 4.20. The molecule has 4 aromatic rings. The van der Waals surface area contributed by atoms with Gasteiger partial charge in [-0.1, -0.05) is 6.07 Å². The van der Waals surface area contributed by atoms with E-state index >= 15 is 0 Å². The molecule has 2 aromatic carbocycles. The highest BCUT2D eigenvalue weighted by atomic mass is 16.5. The molecule has 4 rings (SSSR count). The number of aromatic amines is 1. The number of aromatic nitrogens is 3. The molecule has 2 aromatic heterocycles. The van der Waals surface area contributed by atoms with Crippen molar-refractivity contribution >= 4 is 22.8 Å². The SMILES string of the molecule is COc1cc(OC)cc(C(=O)Nc2ccc(C)c(-c3nc4ncccc4[nH]3)c2)c1. The van der Waals surface area contributed by atoms with Crippen LogP contribution in [0, 0.1) is 6.92 Å². The molecular weight excluding hydrogens is 368 g/mol. The maximum atomic E-state index is 12.8. The second-order valence-electron chi connectivity index (χ2n) is 6.55. The van der Waals surface area contributed by atoms with Crippen molar-refractivity contribution in [2.75, 3.05) is 19.5 Å². The van der Waals surface area contributed by atoms with Crippen LogP contribution >= 0.6 is 0 Å². The van der Waals surface area contributed by atoms with E-state index in [1.807, 2.05) is 37.3 Å². The van der Waals surface area contributed by atoms with E-state index in [-0.39, 0.29) is 5.91 Å². The van der Waals surface area contributed by atoms with Crippen molar-refractivity contribution in [3.05, 3.63) is 65.9 Å². The Labute approximate surface area is 167 Å². The Morgan fingerprint density at radius 3 is 2.48 bits per heavy atom. The van der Waals surface area contributed by atoms with Gasteiger partial charge < -0.3 is 19.8 Å². The Kier molecular flexibility index (Phi) is 4.87. The van der Waals surface area contributed by atoms with Gasteiger partial charge in [-0.25, -0.2) is 9.97 Å². The monoisotopic (exact) mass is 388 g/mol. The second-order valence-corrected chi connectivity index (χ2v) is 6.55. The molecule has 0 saturated carbocycles. The van der Waals surface area contributed by atoms with Crippen molar-refractivity contribution in [2.24, 2.45) is 0 Å². The summed E-state index contributed by atoms with van der Waals surface area (Å²) in [5, 5.41) is 2.92. The summed E-state index contributed by atoms with van der Waals surface area (Å²) in [6.45, 7) is 1.99. The lowest BCUT2D eigenvalue weighted by Gasteiger charge is -2.11. The van der Waals surface area contributed by atoms with Gasteiger partial charge in [0.25, 0.3) is 5.91 Å². The molecule has 146 valence electrons. The minimum Gasteiger partial charge on any atom is -0.497 e. The zero-order valence-electron chi connectivity index (χ0n) is 16.3. The van der Waals surface area contributed by atoms with Crippen molar-refractivity contribution in [1.82, 2.24) is 15.0 Å². The number of nitrogens with zero attached hydrogens (tertiary/aromatic N) is 2. The van der Waals surface area contributed by atoms with E-state index in [2.05, 4.69) is 20.3 Å². The smallest absolute Gasteiger partial charge is 0.255 e. The van der Waals surface area contributed by atoms with Gasteiger partial charge in [-0.15, -0.1) is 0 Å². The molecule has 0 aliphatic carbocycles. The molecule has 1 amide bonds. The number of benzene rings is 2. The number of H-pyrrole nitrogens is 1. The fraction of sp³-hybridized carbons (Fsp3) is 0.136. The zero-order valence-corrected chi connectivity index (χ0v) is 16.3. The fourth-order valence-corrected chi connectivity index (χ4v) is 3.07. The topological polar surface area (TPSA) is 89.1 Å². The summed E-state index contributed by atoms with van der Waals surface area (Å²) in [5.74, 6) is 1.54. The van der Waals surface area contributed by atoms with Gasteiger partial charge in [0.15, 0.2) is 5.65 Å². The van der Waals surface area contributed by atoms with E-state index in [0.29, 0.717) is 34.2 Å². The van der Waals surface area contributed by atoms with Crippen LogP contribution < -0.4 is 14.8 Å². The van der Waals surface area contributed by atoms with Crippen LogP contribution in [0.4, 0.5) is 5.69 Å². The number of methoxy groups -OCH3 is 2. The lowest BCUT2D eigenvalue weighted by atomic mass is 10.1. The number of pyridine rings is 1. The number of aryl methyl sites for hydroxylation is 1. The summed E-state index contributed by atoms with van der Waals surface area (Å²) >= 11 is 0. The molecule has 0 atom stereocenters. The van der Waals surface area contributed by atoms with Gasteiger partial charge in [-0.05, 0) is 48.9 Å². The molecule has 0 saturated heterocycles. The van der Waals surface area contributed by atoms with Crippen molar-refractivity contribution in [3.63, 3.8) is 0 Å². The van der Waals surface area contributed by atoms with Crippen LogP contribution in [0.2, 0.25) is 0 Å². The minimum absolute atomic E-state index is 0.261. The van der Waals surface area contributed by atoms with E-state index in [9.17, 15) is 4.79 Å². The molecule has 7 heteroatoms. The quantitative estimate of drug-likeness (QED) is 0.535. The maximum absolute atomic E-state index is 12.8. The maximum Gasteiger partial charge on any atom is 0.255 e. The van der Waals surface area contributed by atoms with Gasteiger partial charge >= 0.3 is 0 Å². The van der Waals surface area contributed by atoms with Crippen LogP contribution in [0.5, 0.6) is 11.5 Å². The summed E-state index contributed by atoms with van der Waals surface area (Å²) < 4.78 is 10.5. The number of fused-ring (bicyclic) bond motifs is 1. The zero-order chi connectivity index (χ0) is 20.4. The van der Waals surface area contributed by atoms with Gasteiger partial charge in [0, 0.05) is 29.1 Å². The Balaban J connectivity index is 1.65. The van der Waals surface area contributed by atoms with E-state index in [1.165, 1.54) is 0 Å². The Hall–Kier alpha value is -3.87. The van der Waals surface area contributed by atoms with Crippen molar-refractivity contribution in [1.29, 1.82) is 0 Å². The first-order valence-corrected chi connectivity index (χ1v) is 9.03. The third-order valence-corrected chi connectivity index (χ3v) is 4.62. The number of carbonyl (C=O) groups is 1. The number of imidazole rings is 1. The van der Waals surface area contributed by atoms with Crippen molar-refractivity contribution < 1.29 is 14.3 Å². The average molecular weight is 388 g/mol. The first-order chi connectivity index (χ1) is 14.1. The van der Waals surface area contributed by atoms with Crippen LogP contribution in [0.3, 0.4) is 0 Å². The molecule has 29 heavy (non-hydrogen) atoms. The first kappa shape index (κ1) is 18.5. The van der Waals surface area contributed by atoms with Crippen molar-refractivity contribution in [3.8, 4) is 22.9 Å². The third-order valence-electron chi connectivity index (χ3n) is 4.62. The lowest BCUT2D eigenvalue weighted by molar-refractivity contribution is 0.102. The Morgan fingerprint density at radius 1 is 1.03 bits per heavy atom. The molecule has 0 aliphatic rings. The summed E-state index contributed by atoms with van der Waals surface area (Å²) in [6, 6.07) is 14.5. The molecule has 0 aliphatic heterocycles. The molecular formula is C22H20N4O3. The van der Waals surface area contributed by atoms with Crippen molar-refractivity contribution in [2.45, 2.75) is 6.92 Å². The molecule has 0 radical (unpaired) electrons. The van der Waals surface area contributed by atoms with E-state index in [0.717, 1.165) is 16.6 Å². The van der Waals surface area contributed by atoms with E-state index < -0.39 is 0 Å². The van der Waals surface area contributed by atoms with Crippen LogP contribution in [-0.4, -0.2) is 35.1 Å². The van der Waals surface area contributed by atoms with Gasteiger partial charge in [0.2, 0.25) is 0 Å². The molecule has 2 heterocycles. The number of anilines is 1. The summed E-state index contributed by atoms with van der Waals surface area (Å²) in [4.78, 5) is 24.9. The van der Waals surface area contributed by atoms with Crippen LogP contribution in [-0.2, 0) is 0 Å². The molecule has 0 unspecified atom stereocenters. The summed E-state index contributed by atoms with van der Waals surface area (Å²) in [5.41, 5.74) is 4.54. The highest BCUT2D eigenvalue weighted by Gasteiger charge is 2.13. The van der Waals surface area contributed by atoms with Gasteiger partial charge in [0.1, 0.15) is 17.3 Å². The largest absolute Gasteiger partial charge is 0.497 e. The third kappa shape index (κ3) is 3.75. The Morgan fingerprint density at radius 2 is 1.79 bits per heavy atom. The van der Waals surface area contributed by atoms with Gasteiger partial charge in [-0.2, -0.15) is 0 Å². The molecule has 7 nitrogen and oxygen atoms in total.